The van der Waals surface area contributed by atoms with Crippen molar-refractivity contribution in [2.24, 2.45) is 5.92 Å². The van der Waals surface area contributed by atoms with Gasteiger partial charge in [0, 0.05) is 12.6 Å². The molecule has 2 heteroatoms. The third-order valence-electron chi connectivity index (χ3n) is 3.54. The van der Waals surface area contributed by atoms with E-state index in [9.17, 15) is 5.11 Å². The fourth-order valence-electron chi connectivity index (χ4n) is 1.56. The van der Waals surface area contributed by atoms with Crippen LogP contribution in [0.5, 0.6) is 0 Å². The minimum atomic E-state index is -0.586. The van der Waals surface area contributed by atoms with Crippen molar-refractivity contribution in [3.8, 4) is 0 Å². The van der Waals surface area contributed by atoms with Crippen molar-refractivity contribution in [3.63, 3.8) is 0 Å². The molecule has 0 saturated carbocycles. The van der Waals surface area contributed by atoms with Crippen LogP contribution in [0.15, 0.2) is 0 Å². The van der Waals surface area contributed by atoms with Crippen molar-refractivity contribution >= 4 is 0 Å². The van der Waals surface area contributed by atoms with Crippen LogP contribution in [0, 0.1) is 5.92 Å². The highest BCUT2D eigenvalue weighted by Crippen LogP contribution is 2.15. The maximum atomic E-state index is 10.1. The Bertz CT molecular complexity index is 166. The van der Waals surface area contributed by atoms with Crippen LogP contribution >= 0.6 is 0 Å². The first-order valence-corrected chi connectivity index (χ1v) is 6.86. The monoisotopic (exact) mass is 229 g/mol. The third kappa shape index (κ3) is 7.24. The summed E-state index contributed by atoms with van der Waals surface area (Å²) >= 11 is 0. The van der Waals surface area contributed by atoms with Gasteiger partial charge in [-0.2, -0.15) is 0 Å². The van der Waals surface area contributed by atoms with Gasteiger partial charge in [0.1, 0.15) is 0 Å². The molecule has 0 saturated heterocycles. The van der Waals surface area contributed by atoms with E-state index in [-0.39, 0.29) is 0 Å². The highest BCUT2D eigenvalue weighted by molar-refractivity contribution is 4.80. The molecule has 0 spiro atoms. The fourth-order valence-corrected chi connectivity index (χ4v) is 1.56. The van der Waals surface area contributed by atoms with Crippen LogP contribution in [-0.4, -0.2) is 23.3 Å². The number of unbranched alkanes of at least 4 members (excludes halogenated alkanes) is 3. The van der Waals surface area contributed by atoms with Gasteiger partial charge in [0.2, 0.25) is 0 Å². The summed E-state index contributed by atoms with van der Waals surface area (Å²) in [5.74, 6) is 0.298. The van der Waals surface area contributed by atoms with Crippen LogP contribution < -0.4 is 5.32 Å². The largest absolute Gasteiger partial charge is 0.389 e. The maximum absolute atomic E-state index is 10.1. The highest BCUT2D eigenvalue weighted by Gasteiger charge is 2.24. The molecular weight excluding hydrogens is 198 g/mol. The highest BCUT2D eigenvalue weighted by atomic mass is 16.3. The molecule has 0 bridgehead atoms. The predicted octanol–water partition coefficient (Wildman–Crippen LogP) is 3.34. The van der Waals surface area contributed by atoms with Gasteiger partial charge in [-0.25, -0.2) is 0 Å². The van der Waals surface area contributed by atoms with E-state index in [0.717, 1.165) is 0 Å². The second kappa shape index (κ2) is 8.08. The molecule has 2 N–H and O–H groups in total. The molecule has 2 atom stereocenters. The zero-order chi connectivity index (χ0) is 12.6. The number of aliphatic hydroxyl groups is 1. The lowest BCUT2D eigenvalue weighted by molar-refractivity contribution is 0.0120. The molecule has 16 heavy (non-hydrogen) atoms. The molecule has 0 rings (SSSR count). The zero-order valence-electron chi connectivity index (χ0n) is 11.8. The van der Waals surface area contributed by atoms with Gasteiger partial charge in [0.05, 0.1) is 5.60 Å². The molecule has 0 aromatic carbocycles. The third-order valence-corrected chi connectivity index (χ3v) is 3.54. The molecule has 0 aliphatic carbocycles. The van der Waals surface area contributed by atoms with Crippen LogP contribution in [0.25, 0.3) is 0 Å². The smallest absolute Gasteiger partial charge is 0.0766 e. The summed E-state index contributed by atoms with van der Waals surface area (Å²) in [6.07, 6.45) is 6.49. The molecule has 0 fully saturated rings. The Balaban J connectivity index is 3.60. The topological polar surface area (TPSA) is 32.3 Å². The summed E-state index contributed by atoms with van der Waals surface area (Å²) in [5.41, 5.74) is -0.586. The summed E-state index contributed by atoms with van der Waals surface area (Å²) in [6, 6.07) is 0.516. The van der Waals surface area contributed by atoms with Gasteiger partial charge in [0.25, 0.3) is 0 Å². The van der Waals surface area contributed by atoms with E-state index < -0.39 is 5.60 Å². The zero-order valence-corrected chi connectivity index (χ0v) is 11.8. The molecule has 2 nitrogen and oxygen atoms in total. The van der Waals surface area contributed by atoms with Gasteiger partial charge in [-0.3, -0.25) is 0 Å². The van der Waals surface area contributed by atoms with E-state index in [1.807, 2.05) is 6.92 Å². The van der Waals surface area contributed by atoms with E-state index in [1.165, 1.54) is 32.1 Å². The van der Waals surface area contributed by atoms with Gasteiger partial charge in [-0.15, -0.1) is 0 Å². The quantitative estimate of drug-likeness (QED) is 0.594. The van der Waals surface area contributed by atoms with Crippen molar-refractivity contribution in [1.82, 2.24) is 5.32 Å². The lowest BCUT2D eigenvalue weighted by atomic mass is 9.92. The number of hydrogen-bond acceptors (Lipinski definition) is 2. The fraction of sp³-hybridized carbons (Fsp3) is 1.00. The van der Waals surface area contributed by atoms with Crippen molar-refractivity contribution in [3.05, 3.63) is 0 Å². The molecule has 0 radical (unpaired) electrons. The number of nitrogens with one attached hydrogen (secondary N) is 1. The van der Waals surface area contributed by atoms with E-state index in [1.54, 1.807) is 0 Å². The molecular formula is C14H31NO. The maximum Gasteiger partial charge on any atom is 0.0766 e. The summed E-state index contributed by atoms with van der Waals surface area (Å²) in [4.78, 5) is 0. The minimum Gasteiger partial charge on any atom is -0.389 e. The standard InChI is InChI=1S/C14H31NO/c1-6-7-8-9-10-13(4)15-11-14(5,16)12(2)3/h12-13,15-16H,6-11H2,1-5H3. The molecule has 0 aromatic heterocycles. The molecule has 2 unspecified atom stereocenters. The lowest BCUT2D eigenvalue weighted by Gasteiger charge is -2.29. The second-order valence-electron chi connectivity index (χ2n) is 5.64. The summed E-state index contributed by atoms with van der Waals surface area (Å²) in [5, 5.41) is 13.5. The first-order valence-electron chi connectivity index (χ1n) is 6.86. The van der Waals surface area contributed by atoms with Crippen LogP contribution in [0.2, 0.25) is 0 Å². The second-order valence-corrected chi connectivity index (χ2v) is 5.64. The van der Waals surface area contributed by atoms with Gasteiger partial charge in [-0.05, 0) is 26.2 Å². The Labute approximate surface area is 102 Å². The van der Waals surface area contributed by atoms with Crippen molar-refractivity contribution < 1.29 is 5.11 Å². The molecule has 98 valence electrons. The lowest BCUT2D eigenvalue weighted by Crippen LogP contribution is -2.45. The van der Waals surface area contributed by atoms with Crippen LogP contribution in [0.4, 0.5) is 0 Å². The molecule has 0 amide bonds. The van der Waals surface area contributed by atoms with E-state index in [2.05, 4.69) is 33.0 Å². The van der Waals surface area contributed by atoms with Crippen molar-refractivity contribution in [2.75, 3.05) is 6.54 Å². The first kappa shape index (κ1) is 15.9. The Hall–Kier alpha value is -0.0800. The SMILES string of the molecule is CCCCCCC(C)NCC(C)(O)C(C)C. The molecule has 0 aromatic rings. The van der Waals surface area contributed by atoms with E-state index in [0.29, 0.717) is 18.5 Å². The Morgan fingerprint density at radius 1 is 1.12 bits per heavy atom. The molecule has 0 aliphatic rings. The Morgan fingerprint density at radius 2 is 1.75 bits per heavy atom. The summed E-state index contributed by atoms with van der Waals surface area (Å²) < 4.78 is 0. The molecule has 0 aliphatic heterocycles. The summed E-state index contributed by atoms with van der Waals surface area (Å²) in [7, 11) is 0. The van der Waals surface area contributed by atoms with Gasteiger partial charge in [-0.1, -0.05) is 46.5 Å². The van der Waals surface area contributed by atoms with Crippen molar-refractivity contribution in [2.45, 2.75) is 78.4 Å². The Kier molecular flexibility index (Phi) is 8.04. The number of rotatable bonds is 9. The first-order chi connectivity index (χ1) is 7.40. The van der Waals surface area contributed by atoms with Crippen LogP contribution in [0.1, 0.15) is 66.7 Å². The minimum absolute atomic E-state index is 0.298. The van der Waals surface area contributed by atoms with Crippen LogP contribution in [0.3, 0.4) is 0 Å². The van der Waals surface area contributed by atoms with E-state index in [4.69, 9.17) is 0 Å². The van der Waals surface area contributed by atoms with E-state index >= 15 is 0 Å². The molecule has 0 heterocycles. The average Bonchev–Trinajstić information content (AvgIpc) is 2.21. The predicted molar refractivity (Wildman–Crippen MR) is 71.7 cm³/mol. The van der Waals surface area contributed by atoms with Gasteiger partial charge >= 0.3 is 0 Å². The van der Waals surface area contributed by atoms with Crippen molar-refractivity contribution in [1.29, 1.82) is 0 Å². The summed E-state index contributed by atoms with van der Waals surface area (Å²) in [6.45, 7) is 11.2. The average molecular weight is 229 g/mol. The van der Waals surface area contributed by atoms with Gasteiger partial charge < -0.3 is 10.4 Å². The number of hydrogen-bond donors (Lipinski definition) is 2. The van der Waals surface area contributed by atoms with Crippen LogP contribution in [-0.2, 0) is 0 Å². The Morgan fingerprint density at radius 3 is 2.25 bits per heavy atom. The normalized spacial score (nSPS) is 17.4. The van der Waals surface area contributed by atoms with Gasteiger partial charge in [0.15, 0.2) is 0 Å².